The van der Waals surface area contributed by atoms with Gasteiger partial charge in [-0.15, -0.1) is 34.0 Å². The fourth-order valence-electron chi connectivity index (χ4n) is 23.6. The maximum Gasteiger partial charge on any atom is 0.415 e. The lowest BCUT2D eigenvalue weighted by atomic mass is 9.80. The molecule has 9 heterocycles. The molecule has 4 aromatic heterocycles. The van der Waals surface area contributed by atoms with Crippen molar-refractivity contribution in [2.45, 2.75) is 311 Å². The largest absolute Gasteiger partial charge is 0.415 e. The highest BCUT2D eigenvalue weighted by atomic mass is 35.5. The summed E-state index contributed by atoms with van der Waals surface area (Å²) in [7, 11) is 0. The molecule has 18 rings (SSSR count). The van der Waals surface area contributed by atoms with E-state index in [2.05, 4.69) is 53.2 Å². The first-order chi connectivity index (χ1) is 65.9. The molecule has 0 bridgehead atoms. The summed E-state index contributed by atoms with van der Waals surface area (Å²) in [6, 6.07) is 25.0. The zero-order chi connectivity index (χ0) is 92.7. The number of hydrogen-bond acceptors (Lipinski definition) is 21. The first kappa shape index (κ1) is 96.2. The van der Waals surface area contributed by atoms with Crippen molar-refractivity contribution in [3.63, 3.8) is 0 Å². The average molecular weight is 1920 g/mol. The molecule has 10 atom stereocenters. The normalized spacial score (nSPS) is 23.8. The number of nitrogens with one attached hydrogen (secondary N) is 7. The van der Waals surface area contributed by atoms with E-state index in [1.807, 2.05) is 95.8 Å². The number of thiophene rings is 3. The number of hydrogen-bond donors (Lipinski definition) is 7. The molecule has 5 aliphatic heterocycles. The van der Waals surface area contributed by atoms with E-state index in [1.165, 1.54) is 41.1 Å². The molecule has 9 amide bonds. The van der Waals surface area contributed by atoms with Crippen LogP contribution >= 0.6 is 45.6 Å². The summed E-state index contributed by atoms with van der Waals surface area (Å²) in [6.07, 6.45) is 33.7. The van der Waals surface area contributed by atoms with E-state index in [9.17, 15) is 28.8 Å². The summed E-state index contributed by atoms with van der Waals surface area (Å²) >= 11 is 11.9. The predicted octanol–water partition coefficient (Wildman–Crippen LogP) is 15.9. The van der Waals surface area contributed by atoms with E-state index < -0.39 is 54.5 Å². The molecule has 7 aromatic rings. The molecule has 3 aromatic carbocycles. The van der Waals surface area contributed by atoms with Gasteiger partial charge in [-0.05, 0) is 207 Å². The minimum Gasteiger partial charge on any atom is -0.410 e. The molecule has 11 aliphatic rings. The molecule has 4 unspecified atom stereocenters. The van der Waals surface area contributed by atoms with Gasteiger partial charge in [-0.2, -0.15) is 0 Å². The summed E-state index contributed by atoms with van der Waals surface area (Å²) in [6.45, 7) is 4.74. The van der Waals surface area contributed by atoms with Crippen molar-refractivity contribution in [1.29, 1.82) is 0 Å². The Bertz CT molecular complexity index is 5180. The fraction of sp³-hybridized carbons (Fsp3) is 0.596. The number of nitrogens with zero attached hydrogens (tertiary/aromatic N) is 8. The van der Waals surface area contributed by atoms with Crippen LogP contribution in [0.25, 0.3) is 10.1 Å². The molecule has 0 spiro atoms. The average Bonchev–Trinajstić information content (AvgIpc) is 1.05. The summed E-state index contributed by atoms with van der Waals surface area (Å²) in [5, 5.41) is 29.7. The first-order valence-electron chi connectivity index (χ1n) is 50.7. The van der Waals surface area contributed by atoms with Crippen molar-refractivity contribution in [2.24, 2.45) is 17.8 Å². The second kappa shape index (κ2) is 46.1. The van der Waals surface area contributed by atoms with Gasteiger partial charge in [0.25, 0.3) is 0 Å². The second-order valence-electron chi connectivity index (χ2n) is 40.2. The highest BCUT2D eigenvalue weighted by Gasteiger charge is 2.47. The lowest BCUT2D eigenvalue weighted by Crippen LogP contribution is -2.65. The Balaban J connectivity index is 0.506. The molecular weight excluding hydrogens is 1780 g/mol. The second-order valence-corrected chi connectivity index (χ2v) is 43.8. The number of benzene rings is 3. The van der Waals surface area contributed by atoms with Crippen molar-refractivity contribution >= 4 is 109 Å². The molecule has 6 saturated carbocycles. The third kappa shape index (κ3) is 24.8. The Hall–Kier alpha value is -9.11. The first-order valence-corrected chi connectivity index (χ1v) is 53.7. The van der Waals surface area contributed by atoms with E-state index in [4.69, 9.17) is 25.8 Å². The quantitative estimate of drug-likeness (QED) is 0.0229. The summed E-state index contributed by atoms with van der Waals surface area (Å²) in [5.41, 5.74) is 5.53. The Kier molecular flexibility index (Phi) is 32.8. The standard InChI is InChI=1S/C104H136ClN15O12S3/c105-87-56-72(33-36-94(87)132-104(129)116-43-46-118(93(67-116)98(123)110-62-86-55-76-59-107-40-38-95(76)135-86)99(124)88(49-68-17-5-1-6-18-68)111-78-24-11-4-12-25-78)71-23-13-26-79(52-71)112-89(50-69-19-7-2-8-20-69)100(125)119-44-42-115(66-91(119)96(121)108-60-84-29-15-47-133-84)103(128)131-83-35-32-75-63-117(64-77(75)54-83)81-28-14-27-80(57-81)113-90(51-70-21-9-3-10-22-70)101(126)120-45-41-114(65-92(120)97(122)109-61-85-30-16-48-134-85)102(127)130-82-34-31-74-58-106-39-37-73(74)53-82/h15-16,29-36,38,40,47-48,53-56,59,68-71,78-81,88-93,106,111-113H,1-14,17-28,37,39,41-46,49-52,57-58,60-67H2,(H,108,121)(H,109,122)(H,110,123)/t71?,79?,80?,81?,88-,89-,90-,91+,92+,93+/m1/s1. The van der Waals surface area contributed by atoms with Crippen LogP contribution in [0.2, 0.25) is 5.02 Å². The molecule has 135 heavy (non-hydrogen) atoms. The Morgan fingerprint density at radius 1 is 0.452 bits per heavy atom. The van der Waals surface area contributed by atoms with Crippen molar-refractivity contribution < 1.29 is 57.4 Å². The SMILES string of the molecule is O=C(NCc1cccs1)[C@@H]1CN(C(=O)Oc2ccc3c(c2)CN(C2CCCC(N[C@H](CC4CCCCC4)C(=O)N4CCN(C(=O)Oc5ccc6c(c5)CCNC6)C[C@H]4C(=O)NCc4cccs4)C2)C3)CCN1C(=O)[C@@H](CC1CCCCC1)NC1CCCC(c2ccc(OC(=O)N3CCN(C(=O)[C@@H](CC4CCCCC4)NC4CCCCC4)[C@H](C(=O)NCc4cc5cnccc5s4)C3)c(Cl)c2)C1. The number of carbonyl (C=O) groups is 9. The minimum absolute atomic E-state index is 0.00478. The van der Waals surface area contributed by atoms with E-state index >= 15 is 14.4 Å². The number of halogens is 1. The van der Waals surface area contributed by atoms with Crippen LogP contribution < -0.4 is 51.4 Å². The predicted molar refractivity (Wildman–Crippen MR) is 524 cm³/mol. The number of piperazine rings is 3. The highest BCUT2D eigenvalue weighted by Crippen LogP contribution is 2.41. The van der Waals surface area contributed by atoms with Gasteiger partial charge in [-0.1, -0.05) is 170 Å². The zero-order valence-corrected chi connectivity index (χ0v) is 81.3. The van der Waals surface area contributed by atoms with Crippen molar-refractivity contribution in [2.75, 3.05) is 65.4 Å². The van der Waals surface area contributed by atoms with Gasteiger partial charge in [0.1, 0.15) is 29.6 Å². The van der Waals surface area contributed by atoms with Gasteiger partial charge in [0.15, 0.2) is 5.75 Å². The van der Waals surface area contributed by atoms with Crippen molar-refractivity contribution in [3.8, 4) is 17.2 Å². The number of fused-ring (bicyclic) bond motifs is 3. The minimum atomic E-state index is -1.01. The number of ether oxygens (including phenoxy) is 3. The van der Waals surface area contributed by atoms with Crippen LogP contribution in [-0.4, -0.2) is 219 Å². The maximum atomic E-state index is 15.8. The van der Waals surface area contributed by atoms with Gasteiger partial charge in [0, 0.05) is 120 Å². The van der Waals surface area contributed by atoms with Gasteiger partial charge in [-0.25, -0.2) is 14.4 Å². The molecule has 7 N–H and O–H groups in total. The Morgan fingerprint density at radius 3 is 1.44 bits per heavy atom. The van der Waals surface area contributed by atoms with Crippen molar-refractivity contribution in [1.82, 2.24) is 76.5 Å². The van der Waals surface area contributed by atoms with Gasteiger partial charge in [-0.3, -0.25) is 38.7 Å². The van der Waals surface area contributed by atoms with Crippen LogP contribution in [0.3, 0.4) is 0 Å². The Labute approximate surface area is 811 Å². The molecule has 0 radical (unpaired) electrons. The van der Waals surface area contributed by atoms with Crippen molar-refractivity contribution in [3.05, 3.63) is 162 Å². The van der Waals surface area contributed by atoms with Gasteiger partial charge in [0.05, 0.1) is 62.4 Å². The number of amides is 9. The van der Waals surface area contributed by atoms with Gasteiger partial charge < -0.3 is 80.8 Å². The summed E-state index contributed by atoms with van der Waals surface area (Å²) < 4.78 is 19.6. The van der Waals surface area contributed by atoms with E-state index in [1.54, 1.807) is 59.4 Å². The third-order valence-electron chi connectivity index (χ3n) is 31.1. The zero-order valence-electron chi connectivity index (χ0n) is 78.1. The number of carbonyl (C=O) groups excluding carboxylic acids is 9. The molecule has 724 valence electrons. The Morgan fingerprint density at radius 2 is 0.926 bits per heavy atom. The molecule has 9 fully saturated rings. The number of aromatic nitrogens is 1. The molecule has 31 heteroatoms. The number of pyridine rings is 1. The van der Waals surface area contributed by atoms with Crippen LogP contribution in [0.15, 0.2) is 114 Å². The van der Waals surface area contributed by atoms with Crippen LogP contribution in [0.4, 0.5) is 14.4 Å². The molecule has 3 saturated heterocycles. The highest BCUT2D eigenvalue weighted by molar-refractivity contribution is 7.19. The lowest BCUT2D eigenvalue weighted by molar-refractivity contribution is -0.145. The van der Waals surface area contributed by atoms with Gasteiger partial charge in [0.2, 0.25) is 35.4 Å². The smallest absolute Gasteiger partial charge is 0.410 e. The van der Waals surface area contributed by atoms with Crippen LogP contribution in [-0.2, 0) is 74.5 Å². The summed E-state index contributed by atoms with van der Waals surface area (Å²) in [5.74, 6) is 0.877. The topological polar surface area (TPSA) is 301 Å². The third-order valence-corrected chi connectivity index (χ3v) is 34.2. The fourth-order valence-corrected chi connectivity index (χ4v) is 26.1. The van der Waals surface area contributed by atoms with Crippen LogP contribution in [0.5, 0.6) is 17.2 Å². The van der Waals surface area contributed by atoms with E-state index in [0.29, 0.717) is 61.6 Å². The van der Waals surface area contributed by atoms with E-state index in [0.717, 1.165) is 234 Å². The van der Waals surface area contributed by atoms with Gasteiger partial charge >= 0.3 is 18.3 Å². The summed E-state index contributed by atoms with van der Waals surface area (Å²) in [4.78, 5) is 154. The monoisotopic (exact) mass is 1920 g/mol. The van der Waals surface area contributed by atoms with Crippen LogP contribution in [0.1, 0.15) is 247 Å². The molecular formula is C104H136ClN15O12S3. The van der Waals surface area contributed by atoms with Crippen LogP contribution in [0, 0.1) is 17.8 Å². The molecule has 27 nitrogen and oxygen atoms in total. The maximum absolute atomic E-state index is 15.8. The lowest BCUT2D eigenvalue weighted by Gasteiger charge is -2.43. The van der Waals surface area contributed by atoms with E-state index in [-0.39, 0.29) is 148 Å². The molecule has 6 aliphatic carbocycles. The number of rotatable bonds is 29.